The number of rotatable bonds is 3. The highest BCUT2D eigenvalue weighted by atomic mass is 32.1. The van der Waals surface area contributed by atoms with E-state index in [0.717, 1.165) is 28.4 Å². The summed E-state index contributed by atoms with van der Waals surface area (Å²) in [7, 11) is 0. The molecule has 0 aliphatic rings. The maximum atomic E-state index is 11.0. The minimum absolute atomic E-state index is 0.0504. The van der Waals surface area contributed by atoms with E-state index < -0.39 is 0 Å². The maximum Gasteiger partial charge on any atom is 0.304 e. The van der Waals surface area contributed by atoms with E-state index in [0.29, 0.717) is 12.5 Å². The molecule has 0 amide bonds. The van der Waals surface area contributed by atoms with E-state index >= 15 is 0 Å². The van der Waals surface area contributed by atoms with Crippen LogP contribution in [0.5, 0.6) is 0 Å². The van der Waals surface area contributed by atoms with Crippen LogP contribution >= 0.6 is 11.3 Å². The molecule has 3 aromatic rings. The monoisotopic (exact) mass is 261 g/mol. The number of pyridine rings is 1. The second-order valence-corrected chi connectivity index (χ2v) is 4.74. The second kappa shape index (κ2) is 4.26. The van der Waals surface area contributed by atoms with E-state index in [4.69, 9.17) is 0 Å². The van der Waals surface area contributed by atoms with Crippen LogP contribution in [-0.2, 0) is 6.54 Å². The molecular weight excluding hydrogens is 250 g/mol. The molecule has 0 bridgehead atoms. The summed E-state index contributed by atoms with van der Waals surface area (Å²) < 4.78 is 1.78. The molecule has 3 heterocycles. The van der Waals surface area contributed by atoms with E-state index in [1.807, 2.05) is 25.1 Å². The lowest BCUT2D eigenvalue weighted by molar-refractivity contribution is 0.906. The zero-order valence-electron chi connectivity index (χ0n) is 9.67. The number of H-pyrrole nitrogens is 1. The molecule has 0 aliphatic carbocycles. The maximum absolute atomic E-state index is 11.0. The van der Waals surface area contributed by atoms with Crippen molar-refractivity contribution >= 4 is 22.9 Å². The number of anilines is 1. The Kier molecular flexibility index (Phi) is 2.60. The van der Waals surface area contributed by atoms with Crippen LogP contribution in [0.15, 0.2) is 28.4 Å². The van der Waals surface area contributed by atoms with Gasteiger partial charge >= 0.3 is 4.87 Å². The Labute approximate surface area is 106 Å². The Balaban J connectivity index is 1.83. The number of hydrogen-bond acceptors (Lipinski definition) is 5. The molecule has 0 saturated carbocycles. The number of nitrogens with zero attached hydrogens (tertiary/aromatic N) is 3. The molecule has 6 nitrogen and oxygen atoms in total. The van der Waals surface area contributed by atoms with Crippen molar-refractivity contribution in [3.05, 3.63) is 44.6 Å². The van der Waals surface area contributed by atoms with Gasteiger partial charge in [-0.05, 0) is 19.1 Å². The molecule has 0 aliphatic heterocycles. The SMILES string of the molecule is Cc1cccc2nc(NCc3csc(=O)[nH]3)nn12. The molecule has 2 N–H and O–H groups in total. The molecule has 3 aromatic heterocycles. The summed E-state index contributed by atoms with van der Waals surface area (Å²) in [6.07, 6.45) is 0. The largest absolute Gasteiger partial charge is 0.347 e. The Morgan fingerprint density at radius 2 is 2.39 bits per heavy atom. The summed E-state index contributed by atoms with van der Waals surface area (Å²) in [6.45, 7) is 2.48. The first-order valence-corrected chi connectivity index (χ1v) is 6.33. The second-order valence-electron chi connectivity index (χ2n) is 3.90. The minimum atomic E-state index is -0.0504. The molecule has 0 atom stereocenters. The number of aryl methyl sites for hydroxylation is 1. The first-order chi connectivity index (χ1) is 8.72. The summed E-state index contributed by atoms with van der Waals surface area (Å²) in [5.41, 5.74) is 2.66. The van der Waals surface area contributed by atoms with Gasteiger partial charge < -0.3 is 10.3 Å². The van der Waals surface area contributed by atoms with E-state index in [1.54, 1.807) is 9.90 Å². The van der Waals surface area contributed by atoms with Gasteiger partial charge in [0.05, 0.1) is 6.54 Å². The van der Waals surface area contributed by atoms with Crippen LogP contribution in [0.2, 0.25) is 0 Å². The number of thiazole rings is 1. The van der Waals surface area contributed by atoms with Gasteiger partial charge in [0.25, 0.3) is 0 Å². The summed E-state index contributed by atoms with van der Waals surface area (Å²) >= 11 is 1.15. The van der Waals surface area contributed by atoms with Gasteiger partial charge in [0.15, 0.2) is 5.65 Å². The minimum Gasteiger partial charge on any atom is -0.347 e. The normalized spacial score (nSPS) is 10.9. The average Bonchev–Trinajstić information content (AvgIpc) is 2.93. The van der Waals surface area contributed by atoms with Crippen molar-refractivity contribution in [2.45, 2.75) is 13.5 Å². The smallest absolute Gasteiger partial charge is 0.304 e. The third-order valence-electron chi connectivity index (χ3n) is 2.56. The Morgan fingerprint density at radius 3 is 3.11 bits per heavy atom. The molecule has 0 aromatic carbocycles. The molecule has 92 valence electrons. The van der Waals surface area contributed by atoms with E-state index in [9.17, 15) is 4.79 Å². The van der Waals surface area contributed by atoms with Gasteiger partial charge in [-0.3, -0.25) is 4.79 Å². The van der Waals surface area contributed by atoms with E-state index in [2.05, 4.69) is 20.4 Å². The summed E-state index contributed by atoms with van der Waals surface area (Å²) in [4.78, 5) is 18.0. The summed E-state index contributed by atoms with van der Waals surface area (Å²) in [5.74, 6) is 0.552. The number of aromatic nitrogens is 4. The quantitative estimate of drug-likeness (QED) is 0.747. The fourth-order valence-corrected chi connectivity index (χ4v) is 2.27. The lowest BCUT2D eigenvalue weighted by Crippen LogP contribution is -2.04. The highest BCUT2D eigenvalue weighted by Crippen LogP contribution is 2.08. The van der Waals surface area contributed by atoms with Gasteiger partial charge in [-0.1, -0.05) is 17.4 Å². The summed E-state index contributed by atoms with van der Waals surface area (Å²) in [6, 6.07) is 5.82. The van der Waals surface area contributed by atoms with E-state index in [1.165, 1.54) is 0 Å². The lowest BCUT2D eigenvalue weighted by Gasteiger charge is -1.97. The number of hydrogen-bond donors (Lipinski definition) is 2. The lowest BCUT2D eigenvalue weighted by atomic mass is 10.4. The van der Waals surface area contributed by atoms with Crippen LogP contribution in [0.1, 0.15) is 11.4 Å². The van der Waals surface area contributed by atoms with Crippen LogP contribution in [0, 0.1) is 6.92 Å². The molecule has 18 heavy (non-hydrogen) atoms. The van der Waals surface area contributed by atoms with Crippen LogP contribution in [0.4, 0.5) is 5.95 Å². The van der Waals surface area contributed by atoms with Gasteiger partial charge in [0.2, 0.25) is 5.95 Å². The van der Waals surface area contributed by atoms with Crippen LogP contribution < -0.4 is 10.2 Å². The number of fused-ring (bicyclic) bond motifs is 1. The molecule has 7 heteroatoms. The average molecular weight is 261 g/mol. The third-order valence-corrected chi connectivity index (χ3v) is 3.28. The van der Waals surface area contributed by atoms with Crippen LogP contribution in [0.3, 0.4) is 0 Å². The third kappa shape index (κ3) is 2.00. The van der Waals surface area contributed by atoms with Gasteiger partial charge in [0, 0.05) is 16.8 Å². The highest BCUT2D eigenvalue weighted by molar-refractivity contribution is 7.07. The number of aromatic amines is 1. The molecule has 3 rings (SSSR count). The van der Waals surface area contributed by atoms with Crippen molar-refractivity contribution in [3.63, 3.8) is 0 Å². The molecule has 0 radical (unpaired) electrons. The zero-order valence-corrected chi connectivity index (χ0v) is 10.5. The van der Waals surface area contributed by atoms with E-state index in [-0.39, 0.29) is 4.87 Å². The predicted molar refractivity (Wildman–Crippen MR) is 70.0 cm³/mol. The van der Waals surface area contributed by atoms with Crippen LogP contribution in [0.25, 0.3) is 5.65 Å². The summed E-state index contributed by atoms with van der Waals surface area (Å²) in [5, 5.41) is 9.21. The first kappa shape index (κ1) is 11.0. The Bertz CT molecular complexity index is 741. The van der Waals surface area contributed by atoms with Crippen molar-refractivity contribution in [3.8, 4) is 0 Å². The topological polar surface area (TPSA) is 75.1 Å². The van der Waals surface area contributed by atoms with Crippen molar-refractivity contribution in [1.82, 2.24) is 19.6 Å². The Morgan fingerprint density at radius 1 is 1.50 bits per heavy atom. The van der Waals surface area contributed by atoms with Gasteiger partial charge in [-0.25, -0.2) is 4.52 Å². The first-order valence-electron chi connectivity index (χ1n) is 5.45. The standard InChI is InChI=1S/C11H11N5OS/c1-7-3-2-4-9-14-10(15-16(7)9)12-5-8-6-18-11(17)13-8/h2-4,6H,5H2,1H3,(H,12,15)(H,13,17). The van der Waals surface area contributed by atoms with Gasteiger partial charge in [0.1, 0.15) is 0 Å². The highest BCUT2D eigenvalue weighted by Gasteiger charge is 2.04. The zero-order chi connectivity index (χ0) is 12.5. The predicted octanol–water partition coefficient (Wildman–Crippen LogP) is 1.40. The molecular formula is C11H11N5OS. The molecule has 0 unspecified atom stereocenters. The molecule has 0 fully saturated rings. The number of nitrogens with one attached hydrogen (secondary N) is 2. The van der Waals surface area contributed by atoms with Gasteiger partial charge in [-0.15, -0.1) is 5.10 Å². The van der Waals surface area contributed by atoms with Crippen molar-refractivity contribution in [1.29, 1.82) is 0 Å². The van der Waals surface area contributed by atoms with Crippen molar-refractivity contribution in [2.24, 2.45) is 0 Å². The van der Waals surface area contributed by atoms with Gasteiger partial charge in [-0.2, -0.15) is 4.98 Å². The Hall–Kier alpha value is -2.15. The molecule has 0 spiro atoms. The fourth-order valence-electron chi connectivity index (χ4n) is 1.69. The van der Waals surface area contributed by atoms with Crippen molar-refractivity contribution < 1.29 is 0 Å². The fraction of sp³-hybridized carbons (Fsp3) is 0.182. The van der Waals surface area contributed by atoms with Crippen molar-refractivity contribution in [2.75, 3.05) is 5.32 Å². The molecule has 0 saturated heterocycles. The van der Waals surface area contributed by atoms with Crippen LogP contribution in [-0.4, -0.2) is 19.6 Å².